The molecular weight excluding hydrogens is 527 g/mol. The topological polar surface area (TPSA) is 91.7 Å². The Hall–Kier alpha value is -2.42. The number of allylic oxidation sites excluding steroid dienone is 5. The van der Waals surface area contributed by atoms with Gasteiger partial charge in [-0.25, -0.2) is 0 Å². The number of ketones is 1. The van der Waals surface area contributed by atoms with Crippen molar-refractivity contribution in [2.75, 3.05) is 0 Å². The van der Waals surface area contributed by atoms with E-state index in [-0.39, 0.29) is 28.3 Å². The zero-order valence-electron chi connectivity index (χ0n) is 21.0. The van der Waals surface area contributed by atoms with Gasteiger partial charge in [-0.3, -0.25) is 9.35 Å². The van der Waals surface area contributed by atoms with Crippen LogP contribution in [0.3, 0.4) is 0 Å². The predicted molar refractivity (Wildman–Crippen MR) is 147 cm³/mol. The van der Waals surface area contributed by atoms with Crippen LogP contribution in [0.5, 0.6) is 5.75 Å². The first-order valence-electron chi connectivity index (χ1n) is 11.5. The normalized spacial score (nSPS) is 16.3. The number of benzene rings is 2. The largest absolute Gasteiger partial charge is 0.508 e. The number of halogens is 1. The molecule has 0 fully saturated rings. The van der Waals surface area contributed by atoms with Crippen LogP contribution in [0, 0.1) is 12.8 Å². The summed E-state index contributed by atoms with van der Waals surface area (Å²) >= 11 is 3.47. The van der Waals surface area contributed by atoms with Gasteiger partial charge in [0.05, 0.1) is 4.48 Å². The fourth-order valence-electron chi connectivity index (χ4n) is 4.39. The molecule has 8 heteroatoms. The summed E-state index contributed by atoms with van der Waals surface area (Å²) in [6.07, 6.45) is 1.82. The van der Waals surface area contributed by atoms with Crippen molar-refractivity contribution in [2.45, 2.75) is 52.4 Å². The first kappa shape index (κ1) is 27.2. The standard InChI is InChI=1S/C27H30BBrO5S/c1-13(2)18-11-20(15(5)24(28)26(18)30)23(17-9-7-8-10-22(17)35(32,33)34)21-12-19(14(3)4)27(31)25(29)16(21)6/h7-14,30H,28H2,1-6H3,(H,32,33,34)/b23-21-. The van der Waals surface area contributed by atoms with Gasteiger partial charge < -0.3 is 5.11 Å². The van der Waals surface area contributed by atoms with Crippen LogP contribution in [0.2, 0.25) is 0 Å². The third kappa shape index (κ3) is 4.97. The van der Waals surface area contributed by atoms with Gasteiger partial charge in [0.25, 0.3) is 10.1 Å². The van der Waals surface area contributed by atoms with Gasteiger partial charge in [-0.15, -0.1) is 0 Å². The van der Waals surface area contributed by atoms with Crippen LogP contribution in [0.25, 0.3) is 5.57 Å². The Morgan fingerprint density at radius 2 is 1.63 bits per heavy atom. The van der Waals surface area contributed by atoms with Gasteiger partial charge in [0.2, 0.25) is 0 Å². The predicted octanol–water partition coefficient (Wildman–Crippen LogP) is 4.97. The number of hydrogen-bond donors (Lipinski definition) is 2. The summed E-state index contributed by atoms with van der Waals surface area (Å²) in [4.78, 5) is 12.8. The molecule has 0 spiro atoms. The van der Waals surface area contributed by atoms with E-state index in [0.29, 0.717) is 37.8 Å². The van der Waals surface area contributed by atoms with Gasteiger partial charge in [-0.2, -0.15) is 8.42 Å². The summed E-state index contributed by atoms with van der Waals surface area (Å²) in [5.41, 5.74) is 5.75. The molecule has 2 N–H and O–H groups in total. The summed E-state index contributed by atoms with van der Waals surface area (Å²) in [5.74, 6) is 0.0452. The van der Waals surface area contributed by atoms with E-state index in [2.05, 4.69) is 15.9 Å². The molecule has 0 heterocycles. The number of carbonyl (C=O) groups is 1. The second-order valence-electron chi connectivity index (χ2n) is 9.55. The molecule has 0 aromatic heterocycles. The lowest BCUT2D eigenvalue weighted by molar-refractivity contribution is -0.112. The van der Waals surface area contributed by atoms with Crippen LogP contribution in [0.4, 0.5) is 0 Å². The van der Waals surface area contributed by atoms with Crippen molar-refractivity contribution >= 4 is 50.7 Å². The third-order valence-electron chi connectivity index (χ3n) is 6.61. The van der Waals surface area contributed by atoms with E-state index in [1.54, 1.807) is 18.2 Å². The van der Waals surface area contributed by atoms with E-state index in [1.807, 2.05) is 61.5 Å². The van der Waals surface area contributed by atoms with Crippen LogP contribution >= 0.6 is 15.9 Å². The summed E-state index contributed by atoms with van der Waals surface area (Å²) in [7, 11) is -2.72. The Kier molecular flexibility index (Phi) is 7.70. The van der Waals surface area contributed by atoms with E-state index in [9.17, 15) is 22.9 Å². The van der Waals surface area contributed by atoms with Crippen LogP contribution in [-0.2, 0) is 14.9 Å². The molecule has 0 bridgehead atoms. The lowest BCUT2D eigenvalue weighted by atomic mass is 9.77. The lowest BCUT2D eigenvalue weighted by Gasteiger charge is -2.26. The first-order chi connectivity index (χ1) is 16.2. The summed E-state index contributed by atoms with van der Waals surface area (Å²) < 4.78 is 35.4. The summed E-state index contributed by atoms with van der Waals surface area (Å²) in [6, 6.07) is 8.17. The molecule has 2 aromatic rings. The highest BCUT2D eigenvalue weighted by atomic mass is 79.9. The molecule has 0 aliphatic heterocycles. The molecule has 0 unspecified atom stereocenters. The highest BCUT2D eigenvalue weighted by Gasteiger charge is 2.30. The average Bonchev–Trinajstić information content (AvgIpc) is 2.78. The first-order valence-corrected chi connectivity index (χ1v) is 13.7. The average molecular weight is 557 g/mol. The highest BCUT2D eigenvalue weighted by Crippen LogP contribution is 2.42. The van der Waals surface area contributed by atoms with Gasteiger partial charge in [0.1, 0.15) is 18.5 Å². The minimum atomic E-state index is -4.55. The zero-order chi connectivity index (χ0) is 26.4. The van der Waals surface area contributed by atoms with Gasteiger partial charge in [-0.05, 0) is 98.7 Å². The van der Waals surface area contributed by atoms with Crippen molar-refractivity contribution in [2.24, 2.45) is 5.92 Å². The molecule has 0 atom stereocenters. The number of Topliss-reactive ketones (excluding diaryl/α,β-unsaturated/α-hetero) is 1. The zero-order valence-corrected chi connectivity index (χ0v) is 23.4. The molecular formula is C27H30BBrO5S. The van der Waals surface area contributed by atoms with Crippen LogP contribution in [-0.4, -0.2) is 31.7 Å². The molecule has 0 saturated heterocycles. The SMILES string of the molecule is Bc1c(C)c(/C(=C2/C=C(C(C)C)C(=O)C(Br)=C2C)c2ccccc2S(=O)(=O)O)cc(C(C)C)c1O. The minimum absolute atomic E-state index is 0.00851. The van der Waals surface area contributed by atoms with Crippen LogP contribution in [0.1, 0.15) is 62.8 Å². The monoisotopic (exact) mass is 556 g/mol. The molecule has 0 radical (unpaired) electrons. The molecule has 3 rings (SSSR count). The van der Waals surface area contributed by atoms with E-state index in [0.717, 1.165) is 16.7 Å². The van der Waals surface area contributed by atoms with Crippen LogP contribution < -0.4 is 5.46 Å². The molecule has 0 amide bonds. The highest BCUT2D eigenvalue weighted by molar-refractivity contribution is 9.12. The van der Waals surface area contributed by atoms with Crippen LogP contribution in [0.15, 0.2) is 62.5 Å². The Balaban J connectivity index is 2.64. The number of aromatic hydroxyl groups is 1. The Labute approximate surface area is 216 Å². The third-order valence-corrected chi connectivity index (χ3v) is 8.47. The Morgan fingerprint density at radius 1 is 1.03 bits per heavy atom. The maximum atomic E-state index is 13.0. The van der Waals surface area contributed by atoms with E-state index < -0.39 is 10.1 Å². The van der Waals surface area contributed by atoms with Gasteiger partial charge >= 0.3 is 0 Å². The summed E-state index contributed by atoms with van der Waals surface area (Å²) in [6.45, 7) is 11.5. The fraction of sp³-hybridized carbons (Fsp3) is 0.296. The van der Waals surface area contributed by atoms with E-state index in [1.165, 1.54) is 6.07 Å². The van der Waals surface area contributed by atoms with E-state index in [4.69, 9.17) is 0 Å². The number of phenols is 1. The van der Waals surface area contributed by atoms with Crippen molar-refractivity contribution in [3.8, 4) is 5.75 Å². The van der Waals surface area contributed by atoms with Gasteiger partial charge in [-0.1, -0.05) is 45.9 Å². The fourth-order valence-corrected chi connectivity index (χ4v) is 5.54. The van der Waals surface area contributed by atoms with Gasteiger partial charge in [0, 0.05) is 11.1 Å². The number of phenolic OH excluding ortho intramolecular Hbond substituents is 1. The Bertz CT molecular complexity index is 1430. The molecule has 1 aliphatic rings. The molecule has 5 nitrogen and oxygen atoms in total. The maximum absolute atomic E-state index is 13.0. The molecule has 35 heavy (non-hydrogen) atoms. The molecule has 2 aromatic carbocycles. The molecule has 1 aliphatic carbocycles. The second-order valence-corrected chi connectivity index (χ2v) is 11.7. The summed E-state index contributed by atoms with van der Waals surface area (Å²) in [5, 5.41) is 10.8. The van der Waals surface area contributed by atoms with E-state index >= 15 is 0 Å². The second kappa shape index (κ2) is 9.92. The van der Waals surface area contributed by atoms with Crippen molar-refractivity contribution < 1.29 is 22.9 Å². The smallest absolute Gasteiger partial charge is 0.295 e. The van der Waals surface area contributed by atoms with Crippen molar-refractivity contribution in [1.82, 2.24) is 0 Å². The number of rotatable bonds is 5. The Morgan fingerprint density at radius 3 is 2.17 bits per heavy atom. The molecule has 184 valence electrons. The molecule has 0 saturated carbocycles. The van der Waals surface area contributed by atoms with Crippen molar-refractivity contribution in [3.63, 3.8) is 0 Å². The van der Waals surface area contributed by atoms with Crippen molar-refractivity contribution in [3.05, 3.63) is 79.9 Å². The number of carbonyl (C=O) groups excluding carboxylic acids is 1. The van der Waals surface area contributed by atoms with Crippen molar-refractivity contribution in [1.29, 1.82) is 0 Å². The maximum Gasteiger partial charge on any atom is 0.295 e. The number of hydrogen-bond acceptors (Lipinski definition) is 4. The minimum Gasteiger partial charge on any atom is -0.508 e. The van der Waals surface area contributed by atoms with Gasteiger partial charge in [0.15, 0.2) is 5.78 Å². The lowest BCUT2D eigenvalue weighted by Crippen LogP contribution is -2.18. The quantitative estimate of drug-likeness (QED) is 0.401.